The van der Waals surface area contributed by atoms with Crippen molar-refractivity contribution >= 4 is 28.3 Å². The summed E-state index contributed by atoms with van der Waals surface area (Å²) in [7, 11) is -3.32. The van der Waals surface area contributed by atoms with Crippen LogP contribution in [0.25, 0.3) is 0 Å². The number of carbonyl (C=O) groups excluding carboxylic acids is 1. The number of hydrogen-bond donors (Lipinski definition) is 2. The van der Waals surface area contributed by atoms with Crippen LogP contribution in [0.5, 0.6) is 0 Å². The molecule has 2 saturated heterocycles. The summed E-state index contributed by atoms with van der Waals surface area (Å²) in [4.78, 5) is 14.9. The number of sulfonamides is 1. The van der Waals surface area contributed by atoms with Gasteiger partial charge in [0.2, 0.25) is 15.9 Å². The van der Waals surface area contributed by atoms with Crippen LogP contribution in [0.3, 0.4) is 0 Å². The smallest absolute Gasteiger partial charge is 0.238 e. The van der Waals surface area contributed by atoms with Gasteiger partial charge in [0.1, 0.15) is 6.04 Å². The Hall–Kier alpha value is -0.410. The Bertz CT molecular complexity index is 498. The Morgan fingerprint density at radius 1 is 1.20 bits per heavy atom. The minimum Gasteiger partial charge on any atom is -0.355 e. The van der Waals surface area contributed by atoms with Crippen LogP contribution in [0.2, 0.25) is 0 Å². The fraction of sp³-hybridized carbons (Fsp3) is 0.938. The molecule has 2 aliphatic rings. The van der Waals surface area contributed by atoms with Crippen LogP contribution in [0.1, 0.15) is 39.0 Å². The van der Waals surface area contributed by atoms with Crippen LogP contribution < -0.4 is 10.6 Å². The molecule has 148 valence electrons. The van der Waals surface area contributed by atoms with E-state index in [4.69, 9.17) is 0 Å². The molecule has 0 aromatic carbocycles. The van der Waals surface area contributed by atoms with Crippen molar-refractivity contribution < 1.29 is 13.2 Å². The van der Waals surface area contributed by atoms with Gasteiger partial charge in [-0.2, -0.15) is 4.31 Å². The Morgan fingerprint density at radius 3 is 2.60 bits per heavy atom. The Balaban J connectivity index is 0.00000312. The number of amides is 1. The summed E-state index contributed by atoms with van der Waals surface area (Å²) in [5.74, 6) is -0.00514. The molecule has 2 N–H and O–H groups in total. The van der Waals surface area contributed by atoms with E-state index in [9.17, 15) is 13.2 Å². The number of halogens is 1. The number of piperazine rings is 1. The van der Waals surface area contributed by atoms with E-state index < -0.39 is 16.1 Å². The summed E-state index contributed by atoms with van der Waals surface area (Å²) < 4.78 is 26.2. The first kappa shape index (κ1) is 22.6. The first-order chi connectivity index (χ1) is 11.5. The number of nitrogens with zero attached hydrogens (tertiary/aromatic N) is 2. The van der Waals surface area contributed by atoms with Gasteiger partial charge in [-0.3, -0.25) is 4.79 Å². The Morgan fingerprint density at radius 2 is 1.92 bits per heavy atom. The van der Waals surface area contributed by atoms with Crippen molar-refractivity contribution in [1.29, 1.82) is 0 Å². The molecule has 0 spiro atoms. The minimum atomic E-state index is -3.32. The topological polar surface area (TPSA) is 81.8 Å². The van der Waals surface area contributed by atoms with Crippen molar-refractivity contribution in [2.75, 3.05) is 51.6 Å². The second-order valence-electron chi connectivity index (χ2n) is 6.67. The molecular formula is C16H33ClN4O3S. The average molecular weight is 397 g/mol. The number of carbonyl (C=O) groups is 1. The molecule has 0 aromatic rings. The lowest BCUT2D eigenvalue weighted by Gasteiger charge is -2.33. The van der Waals surface area contributed by atoms with E-state index in [1.54, 1.807) is 0 Å². The van der Waals surface area contributed by atoms with Crippen LogP contribution in [0, 0.1) is 0 Å². The van der Waals surface area contributed by atoms with E-state index in [-0.39, 0.29) is 24.1 Å². The van der Waals surface area contributed by atoms with Gasteiger partial charge in [-0.05, 0) is 32.2 Å². The lowest BCUT2D eigenvalue weighted by molar-refractivity contribution is -0.125. The van der Waals surface area contributed by atoms with E-state index in [0.29, 0.717) is 25.9 Å². The van der Waals surface area contributed by atoms with Crippen molar-refractivity contribution in [2.24, 2.45) is 0 Å². The molecule has 0 saturated carbocycles. The number of piperidine rings is 1. The molecule has 2 heterocycles. The maximum atomic E-state index is 12.5. The van der Waals surface area contributed by atoms with Gasteiger partial charge in [-0.25, -0.2) is 8.42 Å². The SMILES string of the molecule is CCCS(=O)(=O)N1CCCCC1C(=O)NCCCN1CCNCC1.Cl. The zero-order chi connectivity index (χ0) is 17.4. The molecule has 2 aliphatic heterocycles. The molecule has 25 heavy (non-hydrogen) atoms. The zero-order valence-corrected chi connectivity index (χ0v) is 16.8. The average Bonchev–Trinajstić information content (AvgIpc) is 2.59. The van der Waals surface area contributed by atoms with Crippen molar-refractivity contribution in [1.82, 2.24) is 19.8 Å². The van der Waals surface area contributed by atoms with Crippen LogP contribution in [0.15, 0.2) is 0 Å². The van der Waals surface area contributed by atoms with E-state index in [0.717, 1.165) is 52.0 Å². The van der Waals surface area contributed by atoms with Gasteiger partial charge in [-0.15, -0.1) is 12.4 Å². The van der Waals surface area contributed by atoms with Crippen molar-refractivity contribution in [3.05, 3.63) is 0 Å². The highest BCUT2D eigenvalue weighted by Gasteiger charge is 2.35. The van der Waals surface area contributed by atoms with Crippen LogP contribution >= 0.6 is 12.4 Å². The van der Waals surface area contributed by atoms with Crippen LogP contribution in [0.4, 0.5) is 0 Å². The maximum absolute atomic E-state index is 12.5. The molecule has 1 amide bonds. The largest absolute Gasteiger partial charge is 0.355 e. The van der Waals surface area contributed by atoms with Crippen LogP contribution in [-0.4, -0.2) is 81.1 Å². The predicted octanol–water partition coefficient (Wildman–Crippen LogP) is 0.414. The molecular weight excluding hydrogens is 364 g/mol. The van der Waals surface area contributed by atoms with Gasteiger partial charge in [-0.1, -0.05) is 13.3 Å². The molecule has 0 radical (unpaired) electrons. The summed E-state index contributed by atoms with van der Waals surface area (Å²) >= 11 is 0. The third-order valence-electron chi connectivity index (χ3n) is 4.74. The van der Waals surface area contributed by atoms with Gasteiger partial charge in [0.05, 0.1) is 5.75 Å². The number of nitrogens with one attached hydrogen (secondary N) is 2. The lowest BCUT2D eigenvalue weighted by atomic mass is 10.0. The fourth-order valence-electron chi connectivity index (χ4n) is 3.44. The molecule has 7 nitrogen and oxygen atoms in total. The van der Waals surface area contributed by atoms with Gasteiger partial charge in [0, 0.05) is 39.3 Å². The second kappa shape index (κ2) is 11.3. The van der Waals surface area contributed by atoms with Crippen molar-refractivity contribution in [2.45, 2.75) is 45.1 Å². The third-order valence-corrected chi connectivity index (χ3v) is 6.81. The van der Waals surface area contributed by atoms with E-state index in [1.807, 2.05) is 6.92 Å². The third kappa shape index (κ3) is 7.02. The van der Waals surface area contributed by atoms with E-state index in [2.05, 4.69) is 15.5 Å². The minimum absolute atomic E-state index is 0. The molecule has 0 bridgehead atoms. The molecule has 1 atom stereocenters. The normalized spacial score (nSPS) is 23.0. The first-order valence-electron chi connectivity index (χ1n) is 9.25. The first-order valence-corrected chi connectivity index (χ1v) is 10.9. The van der Waals surface area contributed by atoms with Crippen molar-refractivity contribution in [3.8, 4) is 0 Å². The summed E-state index contributed by atoms with van der Waals surface area (Å²) in [6.07, 6.45) is 3.87. The standard InChI is InChI=1S/C16H32N4O3S.ClH/c1-2-14-24(22,23)20-11-4-3-6-15(20)16(21)18-7-5-10-19-12-8-17-9-13-19;/h15,17H,2-14H2,1H3,(H,18,21);1H. The lowest BCUT2D eigenvalue weighted by Crippen LogP contribution is -2.52. The zero-order valence-electron chi connectivity index (χ0n) is 15.2. The summed E-state index contributed by atoms with van der Waals surface area (Å²) in [6, 6.07) is -0.519. The number of hydrogen-bond acceptors (Lipinski definition) is 5. The second-order valence-corrected chi connectivity index (χ2v) is 8.72. The monoisotopic (exact) mass is 396 g/mol. The van der Waals surface area contributed by atoms with Crippen molar-refractivity contribution in [3.63, 3.8) is 0 Å². The molecule has 0 aromatic heterocycles. The molecule has 2 fully saturated rings. The molecule has 2 rings (SSSR count). The van der Waals surface area contributed by atoms with Gasteiger partial charge < -0.3 is 15.5 Å². The molecule has 0 aliphatic carbocycles. The molecule has 9 heteroatoms. The van der Waals surface area contributed by atoms with Gasteiger partial charge >= 0.3 is 0 Å². The Labute approximate surface area is 158 Å². The maximum Gasteiger partial charge on any atom is 0.238 e. The summed E-state index contributed by atoms with van der Waals surface area (Å²) in [5, 5.41) is 6.27. The van der Waals surface area contributed by atoms with E-state index in [1.165, 1.54) is 4.31 Å². The Kier molecular flexibility index (Phi) is 10.3. The number of rotatable bonds is 8. The van der Waals surface area contributed by atoms with Gasteiger partial charge in [0.25, 0.3) is 0 Å². The van der Waals surface area contributed by atoms with Crippen LogP contribution in [-0.2, 0) is 14.8 Å². The highest BCUT2D eigenvalue weighted by atomic mass is 35.5. The predicted molar refractivity (Wildman–Crippen MR) is 103 cm³/mol. The highest BCUT2D eigenvalue weighted by molar-refractivity contribution is 7.89. The molecule has 1 unspecified atom stereocenters. The highest BCUT2D eigenvalue weighted by Crippen LogP contribution is 2.21. The van der Waals surface area contributed by atoms with E-state index >= 15 is 0 Å². The van der Waals surface area contributed by atoms with Gasteiger partial charge in [0.15, 0.2) is 0 Å². The quantitative estimate of drug-likeness (QED) is 0.581. The fourth-order valence-corrected chi connectivity index (χ4v) is 5.19. The summed E-state index contributed by atoms with van der Waals surface area (Å²) in [6.45, 7) is 8.08. The summed E-state index contributed by atoms with van der Waals surface area (Å²) in [5.41, 5.74) is 0.